The second-order valence-corrected chi connectivity index (χ2v) is 9.19. The van der Waals surface area contributed by atoms with E-state index in [2.05, 4.69) is 36.3 Å². The van der Waals surface area contributed by atoms with E-state index in [0.29, 0.717) is 13.2 Å². The first-order valence-electron chi connectivity index (χ1n) is 11.4. The Hall–Kier alpha value is -3.00. The lowest BCUT2D eigenvalue weighted by Gasteiger charge is -2.24. The molecule has 0 saturated heterocycles. The van der Waals surface area contributed by atoms with Crippen molar-refractivity contribution >= 4 is 17.7 Å². The van der Waals surface area contributed by atoms with Gasteiger partial charge in [-0.3, -0.25) is 4.79 Å². The molecule has 1 N–H and O–H groups in total. The first-order valence-corrected chi connectivity index (χ1v) is 12.4. The molecule has 2 aromatic carbocycles. The standard InChI is InChI=1S/C25H30N4O3S/c1-4-29-24(18-9-6-5-7-10-18)27-28-25(29)33-16-22(30)26-23(17(2)3)19-11-12-20-21(15-19)32-14-8-13-31-20/h5-7,9-12,15,17,23H,4,8,13-14,16H2,1-3H3,(H,26,30). The Morgan fingerprint density at radius 1 is 1.09 bits per heavy atom. The molecule has 1 aliphatic heterocycles. The fourth-order valence-corrected chi connectivity index (χ4v) is 4.65. The number of carbonyl (C=O) groups is 1. The molecular weight excluding hydrogens is 436 g/mol. The van der Waals surface area contributed by atoms with Gasteiger partial charge in [0.15, 0.2) is 22.5 Å². The smallest absolute Gasteiger partial charge is 0.230 e. The molecule has 174 valence electrons. The van der Waals surface area contributed by atoms with Crippen LogP contribution in [-0.2, 0) is 11.3 Å². The molecule has 0 aliphatic carbocycles. The van der Waals surface area contributed by atoms with Crippen LogP contribution in [0.25, 0.3) is 11.4 Å². The number of fused-ring (bicyclic) bond motifs is 1. The highest BCUT2D eigenvalue weighted by molar-refractivity contribution is 7.99. The minimum absolute atomic E-state index is 0.0438. The summed E-state index contributed by atoms with van der Waals surface area (Å²) >= 11 is 1.40. The Kier molecular flexibility index (Phi) is 7.54. The third-order valence-electron chi connectivity index (χ3n) is 5.51. The van der Waals surface area contributed by atoms with Gasteiger partial charge >= 0.3 is 0 Å². The molecule has 0 bridgehead atoms. The molecule has 33 heavy (non-hydrogen) atoms. The summed E-state index contributed by atoms with van der Waals surface area (Å²) in [4.78, 5) is 12.9. The van der Waals surface area contributed by atoms with Crippen molar-refractivity contribution in [2.75, 3.05) is 19.0 Å². The van der Waals surface area contributed by atoms with E-state index in [9.17, 15) is 4.79 Å². The van der Waals surface area contributed by atoms with Gasteiger partial charge in [-0.05, 0) is 30.5 Å². The van der Waals surface area contributed by atoms with E-state index in [1.54, 1.807) is 0 Å². The van der Waals surface area contributed by atoms with E-state index < -0.39 is 0 Å². The summed E-state index contributed by atoms with van der Waals surface area (Å²) in [5.41, 5.74) is 2.02. The lowest BCUT2D eigenvalue weighted by Crippen LogP contribution is -2.33. The summed E-state index contributed by atoms with van der Waals surface area (Å²) in [6, 6.07) is 15.8. The molecule has 1 aliphatic rings. The fourth-order valence-electron chi connectivity index (χ4n) is 3.83. The minimum Gasteiger partial charge on any atom is -0.490 e. The van der Waals surface area contributed by atoms with Crippen molar-refractivity contribution in [3.63, 3.8) is 0 Å². The molecule has 0 radical (unpaired) electrons. The number of ether oxygens (including phenoxy) is 2. The first kappa shape index (κ1) is 23.2. The summed E-state index contributed by atoms with van der Waals surface area (Å²) in [5, 5.41) is 12.6. The van der Waals surface area contributed by atoms with Gasteiger partial charge < -0.3 is 19.4 Å². The van der Waals surface area contributed by atoms with Crippen LogP contribution in [0.4, 0.5) is 0 Å². The Morgan fingerprint density at radius 2 is 1.85 bits per heavy atom. The van der Waals surface area contributed by atoms with E-state index in [1.807, 2.05) is 53.1 Å². The Morgan fingerprint density at radius 3 is 2.58 bits per heavy atom. The van der Waals surface area contributed by atoms with Crippen molar-refractivity contribution in [2.24, 2.45) is 5.92 Å². The van der Waals surface area contributed by atoms with Crippen LogP contribution in [0.3, 0.4) is 0 Å². The Bertz CT molecular complexity index is 1080. The van der Waals surface area contributed by atoms with Crippen molar-refractivity contribution < 1.29 is 14.3 Å². The number of nitrogens with zero attached hydrogens (tertiary/aromatic N) is 3. The number of hydrogen-bond donors (Lipinski definition) is 1. The van der Waals surface area contributed by atoms with Gasteiger partial charge in [-0.25, -0.2) is 0 Å². The second-order valence-electron chi connectivity index (χ2n) is 8.25. The number of aromatic nitrogens is 3. The highest BCUT2D eigenvalue weighted by Crippen LogP contribution is 2.34. The topological polar surface area (TPSA) is 78.3 Å². The summed E-state index contributed by atoms with van der Waals surface area (Å²) in [7, 11) is 0. The molecule has 7 nitrogen and oxygen atoms in total. The van der Waals surface area contributed by atoms with Crippen molar-refractivity contribution in [1.29, 1.82) is 0 Å². The highest BCUT2D eigenvalue weighted by Gasteiger charge is 2.22. The van der Waals surface area contributed by atoms with Crippen LogP contribution in [0.15, 0.2) is 53.7 Å². The minimum atomic E-state index is -0.126. The summed E-state index contributed by atoms with van der Waals surface area (Å²) in [6.45, 7) is 8.27. The third kappa shape index (κ3) is 5.50. The molecule has 8 heteroatoms. The number of amides is 1. The zero-order chi connectivity index (χ0) is 23.2. The van der Waals surface area contributed by atoms with E-state index in [0.717, 1.165) is 46.6 Å². The SMILES string of the molecule is CCn1c(SCC(=O)NC(c2ccc3c(c2)OCCCO3)C(C)C)nnc1-c1ccccc1. The lowest BCUT2D eigenvalue weighted by molar-refractivity contribution is -0.119. The molecule has 0 fully saturated rings. The molecule has 1 unspecified atom stereocenters. The molecule has 1 atom stereocenters. The number of rotatable bonds is 8. The van der Waals surface area contributed by atoms with Crippen LogP contribution >= 0.6 is 11.8 Å². The highest BCUT2D eigenvalue weighted by atomic mass is 32.2. The fraction of sp³-hybridized carbons (Fsp3) is 0.400. The molecule has 2 heterocycles. The summed E-state index contributed by atoms with van der Waals surface area (Å²) < 4.78 is 13.6. The van der Waals surface area contributed by atoms with Gasteiger partial charge in [0, 0.05) is 18.5 Å². The maximum Gasteiger partial charge on any atom is 0.230 e. The van der Waals surface area contributed by atoms with E-state index >= 15 is 0 Å². The van der Waals surface area contributed by atoms with Gasteiger partial charge in [-0.15, -0.1) is 10.2 Å². The molecule has 4 rings (SSSR count). The van der Waals surface area contributed by atoms with Gasteiger partial charge in [0.25, 0.3) is 0 Å². The van der Waals surface area contributed by atoms with Crippen LogP contribution < -0.4 is 14.8 Å². The van der Waals surface area contributed by atoms with Crippen molar-refractivity contribution in [3.05, 3.63) is 54.1 Å². The number of benzene rings is 2. The van der Waals surface area contributed by atoms with E-state index in [4.69, 9.17) is 9.47 Å². The zero-order valence-electron chi connectivity index (χ0n) is 19.3. The van der Waals surface area contributed by atoms with E-state index in [-0.39, 0.29) is 23.6 Å². The summed E-state index contributed by atoms with van der Waals surface area (Å²) in [6.07, 6.45) is 0.861. The largest absolute Gasteiger partial charge is 0.490 e. The van der Waals surface area contributed by atoms with Crippen molar-refractivity contribution in [3.8, 4) is 22.9 Å². The number of thioether (sulfide) groups is 1. The maximum absolute atomic E-state index is 12.9. The average molecular weight is 467 g/mol. The maximum atomic E-state index is 12.9. The predicted molar refractivity (Wildman–Crippen MR) is 130 cm³/mol. The van der Waals surface area contributed by atoms with Gasteiger partial charge in [0.2, 0.25) is 5.91 Å². The first-order chi connectivity index (χ1) is 16.1. The molecular formula is C25H30N4O3S. The van der Waals surface area contributed by atoms with Crippen LogP contribution in [0, 0.1) is 5.92 Å². The average Bonchev–Trinajstić information content (AvgIpc) is 3.10. The normalized spacial score (nSPS) is 14.1. The number of nitrogens with one attached hydrogen (secondary N) is 1. The quantitative estimate of drug-likeness (QED) is 0.484. The number of hydrogen-bond acceptors (Lipinski definition) is 6. The molecule has 0 spiro atoms. The van der Waals surface area contributed by atoms with Crippen molar-refractivity contribution in [2.45, 2.75) is 44.9 Å². The molecule has 0 saturated carbocycles. The van der Waals surface area contributed by atoms with E-state index in [1.165, 1.54) is 11.8 Å². The van der Waals surface area contributed by atoms with Gasteiger partial charge in [-0.2, -0.15) is 0 Å². The number of carbonyl (C=O) groups excluding carboxylic acids is 1. The Labute approximate surface area is 198 Å². The van der Waals surface area contributed by atoms with Gasteiger partial charge in [0.1, 0.15) is 0 Å². The Balaban J connectivity index is 1.43. The van der Waals surface area contributed by atoms with Crippen LogP contribution in [0.5, 0.6) is 11.5 Å². The predicted octanol–water partition coefficient (Wildman–Crippen LogP) is 4.73. The van der Waals surface area contributed by atoms with Crippen LogP contribution in [0.1, 0.15) is 38.8 Å². The zero-order valence-corrected chi connectivity index (χ0v) is 20.1. The van der Waals surface area contributed by atoms with Crippen LogP contribution in [0.2, 0.25) is 0 Å². The van der Waals surface area contributed by atoms with Gasteiger partial charge in [0.05, 0.1) is 25.0 Å². The summed E-state index contributed by atoms with van der Waals surface area (Å²) in [5.74, 6) is 2.75. The molecule has 1 aromatic heterocycles. The third-order valence-corrected chi connectivity index (χ3v) is 6.48. The lowest BCUT2D eigenvalue weighted by atomic mass is 9.95. The van der Waals surface area contributed by atoms with Crippen LogP contribution in [-0.4, -0.2) is 39.6 Å². The second kappa shape index (κ2) is 10.7. The van der Waals surface area contributed by atoms with Crippen molar-refractivity contribution in [1.82, 2.24) is 20.1 Å². The molecule has 3 aromatic rings. The van der Waals surface area contributed by atoms with Gasteiger partial charge in [-0.1, -0.05) is 62.0 Å². The monoisotopic (exact) mass is 466 g/mol. The molecule has 1 amide bonds.